The van der Waals surface area contributed by atoms with Crippen LogP contribution in [0.4, 0.5) is 5.69 Å². The van der Waals surface area contributed by atoms with Gasteiger partial charge in [0.2, 0.25) is 0 Å². The summed E-state index contributed by atoms with van der Waals surface area (Å²) in [6, 6.07) is 15.7. The van der Waals surface area contributed by atoms with Crippen molar-refractivity contribution in [1.82, 2.24) is 0 Å². The number of Topliss-reactive ketones (excluding diaryl/α,β-unsaturated/α-hetero) is 1. The average Bonchev–Trinajstić information content (AvgIpc) is 3.07. The van der Waals surface area contributed by atoms with E-state index in [4.69, 9.17) is 9.47 Å². The largest absolute Gasteiger partial charge is 0.507 e. The van der Waals surface area contributed by atoms with E-state index >= 15 is 0 Å². The van der Waals surface area contributed by atoms with Crippen LogP contribution in [0.15, 0.2) is 60.2 Å². The Balaban J connectivity index is 2.06. The lowest BCUT2D eigenvalue weighted by atomic mass is 9.93. The first-order valence-corrected chi connectivity index (χ1v) is 11.4. The number of carbonyl (C=O) groups excluding carboxylic acids is 2. The topological polar surface area (TPSA) is 76.1 Å². The molecule has 0 aromatic heterocycles. The van der Waals surface area contributed by atoms with E-state index in [0.717, 1.165) is 22.3 Å². The molecule has 35 heavy (non-hydrogen) atoms. The normalized spacial score (nSPS) is 17.1. The summed E-state index contributed by atoms with van der Waals surface area (Å²) in [6.07, 6.45) is 0. The molecule has 4 rings (SSSR count). The number of aryl methyl sites for hydroxylation is 4. The van der Waals surface area contributed by atoms with Crippen molar-refractivity contribution in [3.8, 4) is 11.5 Å². The van der Waals surface area contributed by atoms with Crippen LogP contribution in [0.25, 0.3) is 5.76 Å². The van der Waals surface area contributed by atoms with Crippen molar-refractivity contribution in [2.45, 2.75) is 33.7 Å². The minimum Gasteiger partial charge on any atom is -0.507 e. The Kier molecular flexibility index (Phi) is 6.39. The van der Waals surface area contributed by atoms with Gasteiger partial charge >= 0.3 is 0 Å². The summed E-state index contributed by atoms with van der Waals surface area (Å²) in [5, 5.41) is 11.6. The molecule has 1 unspecified atom stereocenters. The van der Waals surface area contributed by atoms with Gasteiger partial charge in [0, 0.05) is 11.3 Å². The number of rotatable bonds is 5. The van der Waals surface area contributed by atoms with Crippen LogP contribution in [0.5, 0.6) is 11.5 Å². The maximum Gasteiger partial charge on any atom is 0.300 e. The van der Waals surface area contributed by atoms with Crippen LogP contribution in [0.2, 0.25) is 0 Å². The molecule has 0 spiro atoms. The summed E-state index contributed by atoms with van der Waals surface area (Å²) in [6.45, 7) is 7.64. The maximum atomic E-state index is 13.5. The van der Waals surface area contributed by atoms with Crippen LogP contribution in [-0.2, 0) is 9.59 Å². The highest BCUT2D eigenvalue weighted by Crippen LogP contribution is 2.46. The predicted octanol–water partition coefficient (Wildman–Crippen LogP) is 5.56. The molecule has 1 amide bonds. The van der Waals surface area contributed by atoms with Gasteiger partial charge in [0.15, 0.2) is 0 Å². The number of aliphatic hydroxyl groups is 1. The van der Waals surface area contributed by atoms with Gasteiger partial charge < -0.3 is 14.6 Å². The van der Waals surface area contributed by atoms with Gasteiger partial charge in [0.25, 0.3) is 11.7 Å². The third-order valence-electron chi connectivity index (χ3n) is 6.24. The van der Waals surface area contributed by atoms with Crippen LogP contribution < -0.4 is 14.4 Å². The Morgan fingerprint density at radius 2 is 1.49 bits per heavy atom. The van der Waals surface area contributed by atoms with Crippen molar-refractivity contribution in [3.63, 3.8) is 0 Å². The molecule has 180 valence electrons. The number of para-hydroxylation sites is 1. The fourth-order valence-electron chi connectivity index (χ4n) is 4.92. The molecule has 0 saturated carbocycles. The number of aliphatic hydroxyl groups excluding tert-OH is 1. The van der Waals surface area contributed by atoms with Gasteiger partial charge in [-0.15, -0.1) is 0 Å². The fourth-order valence-corrected chi connectivity index (χ4v) is 4.92. The smallest absolute Gasteiger partial charge is 0.300 e. The van der Waals surface area contributed by atoms with Crippen molar-refractivity contribution in [1.29, 1.82) is 0 Å². The SMILES string of the molecule is COc1ccccc1C1/C(=C(\O)c2cc(C)cc(C)c2OC)C(=O)C(=O)N1c1cc(C)cc(C)c1. The Hall–Kier alpha value is -4.06. The zero-order chi connectivity index (χ0) is 25.4. The van der Waals surface area contributed by atoms with Crippen LogP contribution in [0, 0.1) is 27.7 Å². The van der Waals surface area contributed by atoms with E-state index in [1.165, 1.54) is 19.1 Å². The molecule has 0 radical (unpaired) electrons. The molecule has 1 aliphatic heterocycles. The summed E-state index contributed by atoms with van der Waals surface area (Å²) < 4.78 is 11.2. The van der Waals surface area contributed by atoms with Crippen molar-refractivity contribution in [2.24, 2.45) is 0 Å². The number of nitrogens with zero attached hydrogens (tertiary/aromatic N) is 1. The highest BCUT2D eigenvalue weighted by atomic mass is 16.5. The van der Waals surface area contributed by atoms with Gasteiger partial charge in [-0.1, -0.05) is 30.3 Å². The van der Waals surface area contributed by atoms with Crippen molar-refractivity contribution < 1.29 is 24.2 Å². The quantitative estimate of drug-likeness (QED) is 0.299. The van der Waals surface area contributed by atoms with Crippen LogP contribution in [-0.4, -0.2) is 31.0 Å². The van der Waals surface area contributed by atoms with Gasteiger partial charge in [-0.3, -0.25) is 14.5 Å². The van der Waals surface area contributed by atoms with E-state index in [-0.39, 0.29) is 11.3 Å². The second kappa shape index (κ2) is 9.29. The van der Waals surface area contributed by atoms with Gasteiger partial charge in [-0.2, -0.15) is 0 Å². The van der Waals surface area contributed by atoms with Gasteiger partial charge in [-0.25, -0.2) is 0 Å². The fraction of sp³-hybridized carbons (Fsp3) is 0.241. The summed E-state index contributed by atoms with van der Waals surface area (Å²) >= 11 is 0. The summed E-state index contributed by atoms with van der Waals surface area (Å²) in [5.41, 5.74) is 5.14. The molecule has 1 N–H and O–H groups in total. The number of carbonyl (C=O) groups is 2. The van der Waals surface area contributed by atoms with Crippen LogP contribution >= 0.6 is 0 Å². The zero-order valence-electron chi connectivity index (χ0n) is 20.8. The van der Waals surface area contributed by atoms with Crippen LogP contribution in [0.1, 0.15) is 39.4 Å². The summed E-state index contributed by atoms with van der Waals surface area (Å²) in [5.74, 6) is -0.805. The van der Waals surface area contributed by atoms with Crippen LogP contribution in [0.3, 0.4) is 0 Å². The molecule has 1 atom stereocenters. The molecular formula is C29H29NO5. The Morgan fingerprint density at radius 3 is 2.11 bits per heavy atom. The lowest BCUT2D eigenvalue weighted by molar-refractivity contribution is -0.132. The van der Waals surface area contributed by atoms with Crippen molar-refractivity contribution >= 4 is 23.1 Å². The standard InChI is InChI=1S/C29H29NO5/c1-16-11-17(2)14-20(13-16)30-25(21-9-7-8-10-23(21)34-5)24(27(32)29(30)33)26(31)22-15-18(3)12-19(4)28(22)35-6/h7-15,25,31H,1-6H3/b26-24+. The molecule has 3 aromatic rings. The minimum absolute atomic E-state index is 0.0121. The highest BCUT2D eigenvalue weighted by Gasteiger charge is 2.48. The summed E-state index contributed by atoms with van der Waals surface area (Å²) in [7, 11) is 3.05. The molecule has 0 bridgehead atoms. The molecule has 3 aromatic carbocycles. The number of hydrogen-bond acceptors (Lipinski definition) is 5. The third-order valence-corrected chi connectivity index (χ3v) is 6.24. The highest BCUT2D eigenvalue weighted by molar-refractivity contribution is 6.51. The lowest BCUT2D eigenvalue weighted by Gasteiger charge is -2.27. The van der Waals surface area contributed by atoms with E-state index in [2.05, 4.69) is 0 Å². The second-order valence-electron chi connectivity index (χ2n) is 8.92. The first-order chi connectivity index (χ1) is 16.7. The molecular weight excluding hydrogens is 442 g/mol. The maximum absolute atomic E-state index is 13.5. The first-order valence-electron chi connectivity index (χ1n) is 11.4. The number of ether oxygens (including phenoxy) is 2. The lowest BCUT2D eigenvalue weighted by Crippen LogP contribution is -2.29. The molecule has 0 aliphatic carbocycles. The molecule has 1 aliphatic rings. The minimum atomic E-state index is -0.891. The third kappa shape index (κ3) is 4.16. The number of anilines is 1. The Morgan fingerprint density at radius 1 is 0.857 bits per heavy atom. The van der Waals surface area contributed by atoms with E-state index in [1.54, 1.807) is 18.2 Å². The average molecular weight is 472 g/mol. The Bertz CT molecular complexity index is 1350. The van der Waals surface area contributed by atoms with E-state index in [1.807, 2.05) is 64.1 Å². The van der Waals surface area contributed by atoms with E-state index in [0.29, 0.717) is 28.3 Å². The van der Waals surface area contributed by atoms with E-state index in [9.17, 15) is 14.7 Å². The van der Waals surface area contributed by atoms with Gasteiger partial charge in [0.1, 0.15) is 17.3 Å². The second-order valence-corrected chi connectivity index (χ2v) is 8.92. The molecule has 6 heteroatoms. The van der Waals surface area contributed by atoms with Crippen molar-refractivity contribution in [2.75, 3.05) is 19.1 Å². The molecule has 1 fully saturated rings. The molecule has 6 nitrogen and oxygen atoms in total. The molecule has 1 saturated heterocycles. The monoisotopic (exact) mass is 471 g/mol. The Labute approximate surface area is 205 Å². The van der Waals surface area contributed by atoms with Gasteiger partial charge in [0.05, 0.1) is 31.4 Å². The number of benzene rings is 3. The van der Waals surface area contributed by atoms with Gasteiger partial charge in [-0.05, 0) is 74.2 Å². The first kappa shape index (κ1) is 24.1. The number of amides is 1. The summed E-state index contributed by atoms with van der Waals surface area (Å²) in [4.78, 5) is 28.5. The number of ketones is 1. The number of hydrogen-bond donors (Lipinski definition) is 1. The van der Waals surface area contributed by atoms with E-state index < -0.39 is 17.7 Å². The number of methoxy groups -OCH3 is 2. The van der Waals surface area contributed by atoms with Crippen molar-refractivity contribution in [3.05, 3.63) is 93.6 Å². The molecule has 1 heterocycles. The predicted molar refractivity (Wildman–Crippen MR) is 136 cm³/mol. The zero-order valence-corrected chi connectivity index (χ0v) is 20.8.